The summed E-state index contributed by atoms with van der Waals surface area (Å²) in [6.45, 7) is 0. The fourth-order valence-electron chi connectivity index (χ4n) is 3.83. The first-order valence-corrected chi connectivity index (χ1v) is 9.00. The van der Waals surface area contributed by atoms with Crippen molar-refractivity contribution in [2.24, 2.45) is 0 Å². The van der Waals surface area contributed by atoms with Gasteiger partial charge in [-0.3, -0.25) is 0 Å². The van der Waals surface area contributed by atoms with E-state index in [1.807, 2.05) is 0 Å². The van der Waals surface area contributed by atoms with Gasteiger partial charge in [0, 0.05) is 10.8 Å². The highest BCUT2D eigenvalue weighted by Crippen LogP contribution is 2.56. The predicted octanol–water partition coefficient (Wildman–Crippen LogP) is 5.76. The Kier molecular flexibility index (Phi) is 4.46. The summed E-state index contributed by atoms with van der Waals surface area (Å²) in [5.41, 5.74) is -6.11. The van der Waals surface area contributed by atoms with Crippen molar-refractivity contribution in [1.82, 2.24) is 4.98 Å². The van der Waals surface area contributed by atoms with E-state index in [1.54, 1.807) is 30.3 Å². The molecule has 162 valence electrons. The molecule has 31 heavy (non-hydrogen) atoms. The third-order valence-electron chi connectivity index (χ3n) is 5.44. The number of pyridine rings is 1. The lowest BCUT2D eigenvalue weighted by Crippen LogP contribution is -2.17. The van der Waals surface area contributed by atoms with Crippen molar-refractivity contribution in [2.45, 2.75) is 30.6 Å². The van der Waals surface area contributed by atoms with E-state index in [0.29, 0.717) is 18.4 Å². The van der Waals surface area contributed by atoms with Crippen LogP contribution in [0.2, 0.25) is 0 Å². The van der Waals surface area contributed by atoms with E-state index < -0.39 is 57.1 Å². The lowest BCUT2D eigenvalue weighted by atomic mass is 9.88. The van der Waals surface area contributed by atoms with Gasteiger partial charge in [0.1, 0.15) is 5.56 Å². The summed E-state index contributed by atoms with van der Waals surface area (Å²) in [4.78, 5) is 15.8. The molecule has 0 aliphatic heterocycles. The zero-order chi connectivity index (χ0) is 22.8. The van der Waals surface area contributed by atoms with Crippen molar-refractivity contribution in [2.75, 3.05) is 0 Å². The Morgan fingerprint density at radius 1 is 0.968 bits per heavy atom. The summed E-state index contributed by atoms with van der Waals surface area (Å²) < 4.78 is 80.7. The summed E-state index contributed by atoms with van der Waals surface area (Å²) in [6.07, 6.45) is -9.64. The topological polar surface area (TPSA) is 70.4 Å². The second kappa shape index (κ2) is 6.60. The van der Waals surface area contributed by atoms with Crippen LogP contribution in [0, 0.1) is 0 Å². The summed E-state index contributed by atoms with van der Waals surface area (Å²) in [7, 11) is 0. The minimum Gasteiger partial charge on any atom is -0.505 e. The van der Waals surface area contributed by atoms with Crippen LogP contribution in [0.5, 0.6) is 5.75 Å². The Morgan fingerprint density at radius 2 is 1.58 bits per heavy atom. The molecule has 4 rings (SSSR count). The third-order valence-corrected chi connectivity index (χ3v) is 5.44. The molecule has 4 nitrogen and oxygen atoms in total. The number of benzene rings is 2. The van der Waals surface area contributed by atoms with Crippen LogP contribution < -0.4 is 0 Å². The second-order valence-corrected chi connectivity index (χ2v) is 7.35. The summed E-state index contributed by atoms with van der Waals surface area (Å²) in [5.74, 6) is -2.80. The monoisotopic (exact) mass is 441 g/mol. The number of aromatic hydroxyl groups is 1. The second-order valence-electron chi connectivity index (χ2n) is 7.35. The Morgan fingerprint density at radius 3 is 2.06 bits per heavy atom. The van der Waals surface area contributed by atoms with Crippen molar-refractivity contribution >= 4 is 16.9 Å². The first-order valence-electron chi connectivity index (χ1n) is 9.00. The molecule has 1 heterocycles. The molecule has 1 fully saturated rings. The molecule has 0 radical (unpaired) electrons. The smallest absolute Gasteiger partial charge is 0.418 e. The molecule has 2 aromatic carbocycles. The van der Waals surface area contributed by atoms with Gasteiger partial charge in [-0.15, -0.1) is 0 Å². The van der Waals surface area contributed by atoms with E-state index in [4.69, 9.17) is 0 Å². The van der Waals surface area contributed by atoms with E-state index in [0.717, 1.165) is 0 Å². The molecular formula is C21H13F6NO3. The molecular weight excluding hydrogens is 428 g/mol. The molecule has 10 heteroatoms. The van der Waals surface area contributed by atoms with Crippen molar-refractivity contribution in [3.8, 4) is 5.75 Å². The average Bonchev–Trinajstić information content (AvgIpc) is 3.47. The number of carbonyl (C=O) groups is 1. The lowest BCUT2D eigenvalue weighted by Gasteiger charge is -2.21. The van der Waals surface area contributed by atoms with Crippen LogP contribution in [0.15, 0.2) is 42.5 Å². The minimum atomic E-state index is -5.24. The third kappa shape index (κ3) is 3.35. The number of fused-ring (bicyclic) bond motifs is 1. The van der Waals surface area contributed by atoms with Crippen LogP contribution in [0.4, 0.5) is 26.3 Å². The first-order chi connectivity index (χ1) is 14.4. The molecule has 2 N–H and O–H groups in total. The maximum Gasteiger partial charge on any atom is 0.418 e. The Bertz CT molecular complexity index is 1200. The standard InChI is InChI=1S/C21H13F6NO3/c22-20(23,24)11-8-12-14(18(30)31)16(29)17(28-15(12)13(9-11)21(25,26)27)19(6-7-19)10-4-2-1-3-5-10/h1-5,8-9,29H,6-7H2,(H,30,31). The molecule has 1 aromatic heterocycles. The van der Waals surface area contributed by atoms with E-state index in [2.05, 4.69) is 4.98 Å². The fraction of sp³-hybridized carbons (Fsp3) is 0.238. The molecule has 1 aliphatic rings. The number of hydrogen-bond acceptors (Lipinski definition) is 3. The highest BCUT2D eigenvalue weighted by molar-refractivity contribution is 6.06. The molecule has 1 saturated carbocycles. The number of nitrogens with zero attached hydrogens (tertiary/aromatic N) is 1. The molecule has 1 aliphatic carbocycles. The van der Waals surface area contributed by atoms with Gasteiger partial charge in [-0.2, -0.15) is 26.3 Å². The predicted molar refractivity (Wildman–Crippen MR) is 96.8 cm³/mol. The number of hydrogen-bond donors (Lipinski definition) is 2. The number of aromatic nitrogens is 1. The largest absolute Gasteiger partial charge is 0.505 e. The average molecular weight is 441 g/mol. The Labute approximate surface area is 170 Å². The van der Waals surface area contributed by atoms with Crippen LogP contribution in [0.1, 0.15) is 45.6 Å². The number of carboxylic acid groups (broad SMARTS) is 1. The number of carboxylic acids is 1. The maximum absolute atomic E-state index is 13.7. The van der Waals surface area contributed by atoms with Gasteiger partial charge in [-0.1, -0.05) is 30.3 Å². The van der Waals surface area contributed by atoms with E-state index >= 15 is 0 Å². The summed E-state index contributed by atoms with van der Waals surface area (Å²) in [5, 5.41) is 19.3. The van der Waals surface area contributed by atoms with Crippen molar-refractivity contribution in [1.29, 1.82) is 0 Å². The Balaban J connectivity index is 2.13. The summed E-state index contributed by atoms with van der Waals surface area (Å²) in [6, 6.07) is 8.55. The van der Waals surface area contributed by atoms with Crippen LogP contribution in [-0.4, -0.2) is 21.2 Å². The molecule has 0 unspecified atom stereocenters. The molecule has 0 spiro atoms. The zero-order valence-electron chi connectivity index (χ0n) is 15.5. The quantitative estimate of drug-likeness (QED) is 0.508. The van der Waals surface area contributed by atoms with Gasteiger partial charge in [0.15, 0.2) is 5.75 Å². The van der Waals surface area contributed by atoms with Gasteiger partial charge >= 0.3 is 18.3 Å². The van der Waals surface area contributed by atoms with Gasteiger partial charge in [0.2, 0.25) is 0 Å². The molecule has 0 saturated heterocycles. The lowest BCUT2D eigenvalue weighted by molar-refractivity contribution is -0.142. The molecule has 3 aromatic rings. The highest BCUT2D eigenvalue weighted by atomic mass is 19.4. The van der Waals surface area contributed by atoms with Crippen molar-refractivity contribution < 1.29 is 41.4 Å². The summed E-state index contributed by atoms with van der Waals surface area (Å²) >= 11 is 0. The van der Waals surface area contributed by atoms with Gasteiger partial charge in [-0.05, 0) is 30.5 Å². The number of alkyl halides is 6. The van der Waals surface area contributed by atoms with Crippen LogP contribution in [0.3, 0.4) is 0 Å². The van der Waals surface area contributed by atoms with Gasteiger partial charge in [0.05, 0.1) is 22.3 Å². The van der Waals surface area contributed by atoms with Crippen molar-refractivity contribution in [3.05, 3.63) is 70.4 Å². The SMILES string of the molecule is O=C(O)c1c(O)c(C2(c3ccccc3)CC2)nc2c(C(F)(F)F)cc(C(F)(F)F)cc12. The minimum absolute atomic E-state index is 0.0934. The first kappa shape index (κ1) is 21.0. The molecule has 0 amide bonds. The number of halogens is 6. The van der Waals surface area contributed by atoms with E-state index in [1.165, 1.54) is 0 Å². The van der Waals surface area contributed by atoms with Gasteiger partial charge in [0.25, 0.3) is 0 Å². The van der Waals surface area contributed by atoms with Crippen LogP contribution in [0.25, 0.3) is 10.9 Å². The van der Waals surface area contributed by atoms with Crippen molar-refractivity contribution in [3.63, 3.8) is 0 Å². The highest BCUT2D eigenvalue weighted by Gasteiger charge is 2.50. The normalized spacial score (nSPS) is 15.8. The van der Waals surface area contributed by atoms with Crippen LogP contribution >= 0.6 is 0 Å². The van der Waals surface area contributed by atoms with Gasteiger partial charge < -0.3 is 10.2 Å². The number of aromatic carboxylic acids is 1. The molecule has 0 bridgehead atoms. The van der Waals surface area contributed by atoms with E-state index in [9.17, 15) is 41.4 Å². The van der Waals surface area contributed by atoms with Crippen LogP contribution in [-0.2, 0) is 17.8 Å². The number of rotatable bonds is 3. The fourth-order valence-corrected chi connectivity index (χ4v) is 3.83. The van der Waals surface area contributed by atoms with E-state index in [-0.39, 0.29) is 17.8 Å². The van der Waals surface area contributed by atoms with Gasteiger partial charge in [-0.25, -0.2) is 9.78 Å². The molecule has 0 atom stereocenters. The Hall–Kier alpha value is -3.30. The zero-order valence-corrected chi connectivity index (χ0v) is 15.5. The maximum atomic E-state index is 13.7.